The van der Waals surface area contributed by atoms with Crippen molar-refractivity contribution in [2.24, 2.45) is 0 Å². The Kier molecular flexibility index (Phi) is 4.73. The van der Waals surface area contributed by atoms with Crippen LogP contribution in [0, 0.1) is 0 Å². The first-order valence-corrected chi connectivity index (χ1v) is 10.7. The third kappa shape index (κ3) is 3.49. The molecule has 3 aromatic rings. The molecule has 0 aliphatic carbocycles. The minimum Gasteiger partial charge on any atom is -0.378 e. The number of para-hydroxylation sites is 1. The maximum absolute atomic E-state index is 12.7. The minimum absolute atomic E-state index is 0.0971. The molecule has 2 aromatic heterocycles. The van der Waals surface area contributed by atoms with Crippen LogP contribution in [-0.2, 0) is 4.74 Å². The van der Waals surface area contributed by atoms with Crippen molar-refractivity contribution in [2.75, 3.05) is 36.2 Å². The van der Waals surface area contributed by atoms with E-state index in [4.69, 9.17) is 9.72 Å². The Morgan fingerprint density at radius 2 is 2.04 bits per heavy atom. The summed E-state index contributed by atoms with van der Waals surface area (Å²) in [6, 6.07) is 11.9. The van der Waals surface area contributed by atoms with Crippen LogP contribution in [0.2, 0.25) is 0 Å². The number of ether oxygens (including phenoxy) is 1. The van der Waals surface area contributed by atoms with E-state index in [2.05, 4.69) is 15.6 Å². The van der Waals surface area contributed by atoms with E-state index in [-0.39, 0.29) is 12.1 Å². The topological polar surface area (TPSA) is 69.7 Å². The smallest absolute Gasteiger partial charge is 0.262 e. The highest BCUT2D eigenvalue weighted by molar-refractivity contribution is 7.29. The van der Waals surface area contributed by atoms with Crippen molar-refractivity contribution in [3.8, 4) is 0 Å². The maximum Gasteiger partial charge on any atom is 0.262 e. The molecule has 1 amide bonds. The average molecular weight is 414 g/mol. The summed E-state index contributed by atoms with van der Waals surface area (Å²) >= 11 is 3.07. The standard InChI is InChI=1S/C19H19N5O2S2/c25-17(20-16-6-7-24(22-16)13-4-2-1-3-5-13)14-12-15-18(27-14)21-19(28-15)23-8-10-26-11-9-23/h1-7,12,16,22H,8-11H2,(H,20,25). The summed E-state index contributed by atoms with van der Waals surface area (Å²) in [6.07, 6.45) is 3.60. The first-order valence-electron chi connectivity index (χ1n) is 9.09. The predicted molar refractivity (Wildman–Crippen MR) is 113 cm³/mol. The molecule has 0 radical (unpaired) electrons. The number of hydrogen-bond acceptors (Lipinski definition) is 8. The van der Waals surface area contributed by atoms with Crippen LogP contribution in [0.15, 0.2) is 48.7 Å². The van der Waals surface area contributed by atoms with Gasteiger partial charge >= 0.3 is 0 Å². The molecule has 9 heteroatoms. The highest BCUT2D eigenvalue weighted by Crippen LogP contribution is 2.35. The van der Waals surface area contributed by atoms with Gasteiger partial charge in [-0.3, -0.25) is 9.80 Å². The largest absolute Gasteiger partial charge is 0.378 e. The van der Waals surface area contributed by atoms with Gasteiger partial charge in [-0.1, -0.05) is 29.5 Å². The lowest BCUT2D eigenvalue weighted by molar-refractivity contribution is 0.0944. The number of benzene rings is 1. The molecule has 0 spiro atoms. The number of anilines is 2. The van der Waals surface area contributed by atoms with Gasteiger partial charge in [-0.15, -0.1) is 11.3 Å². The normalized spacial score (nSPS) is 19.5. The number of nitrogens with one attached hydrogen (secondary N) is 2. The van der Waals surface area contributed by atoms with Gasteiger partial charge in [0, 0.05) is 19.3 Å². The number of fused-ring (bicyclic) bond motifs is 1. The molecule has 1 atom stereocenters. The van der Waals surface area contributed by atoms with Crippen LogP contribution < -0.4 is 20.7 Å². The number of amides is 1. The molecule has 28 heavy (non-hydrogen) atoms. The average Bonchev–Trinajstić information content (AvgIpc) is 3.44. The van der Waals surface area contributed by atoms with Crippen LogP contribution in [0.4, 0.5) is 10.8 Å². The Morgan fingerprint density at radius 3 is 2.82 bits per heavy atom. The molecule has 0 saturated carbocycles. The molecule has 144 valence electrons. The van der Waals surface area contributed by atoms with Crippen molar-refractivity contribution >= 4 is 48.9 Å². The fraction of sp³-hybridized carbons (Fsp3) is 0.263. The monoisotopic (exact) mass is 413 g/mol. The summed E-state index contributed by atoms with van der Waals surface area (Å²) in [7, 11) is 0. The number of aromatic nitrogens is 1. The zero-order valence-electron chi connectivity index (χ0n) is 15.0. The molecule has 5 rings (SSSR count). The second kappa shape index (κ2) is 7.51. The number of rotatable bonds is 4. The number of thiophene rings is 1. The van der Waals surface area contributed by atoms with Crippen molar-refractivity contribution in [3.05, 3.63) is 53.6 Å². The number of hydrogen-bond donors (Lipinski definition) is 2. The molecule has 1 aromatic carbocycles. The van der Waals surface area contributed by atoms with E-state index in [1.54, 1.807) is 11.3 Å². The minimum atomic E-state index is -0.246. The summed E-state index contributed by atoms with van der Waals surface area (Å²) in [5.41, 5.74) is 4.27. The quantitative estimate of drug-likeness (QED) is 0.686. The highest BCUT2D eigenvalue weighted by atomic mass is 32.1. The lowest BCUT2D eigenvalue weighted by Crippen LogP contribution is -2.46. The lowest BCUT2D eigenvalue weighted by Gasteiger charge is -2.25. The Morgan fingerprint density at radius 1 is 1.21 bits per heavy atom. The molecule has 2 N–H and O–H groups in total. The molecular formula is C19H19N5O2S2. The van der Waals surface area contributed by atoms with E-state index in [0.29, 0.717) is 4.88 Å². The molecule has 4 heterocycles. The highest BCUT2D eigenvalue weighted by Gasteiger charge is 2.22. The third-order valence-electron chi connectivity index (χ3n) is 4.61. The van der Waals surface area contributed by atoms with E-state index >= 15 is 0 Å². The van der Waals surface area contributed by atoms with E-state index in [1.807, 2.05) is 53.7 Å². The van der Waals surface area contributed by atoms with Crippen LogP contribution in [0.1, 0.15) is 9.67 Å². The lowest BCUT2D eigenvalue weighted by atomic mass is 10.3. The Balaban J connectivity index is 1.24. The van der Waals surface area contributed by atoms with Gasteiger partial charge in [-0.05, 0) is 24.3 Å². The van der Waals surface area contributed by atoms with E-state index < -0.39 is 0 Å². The predicted octanol–water partition coefficient (Wildman–Crippen LogP) is 2.79. The summed E-state index contributed by atoms with van der Waals surface area (Å²) in [5, 5.41) is 5.91. The molecule has 7 nitrogen and oxygen atoms in total. The van der Waals surface area contributed by atoms with Crippen LogP contribution in [0.5, 0.6) is 0 Å². The van der Waals surface area contributed by atoms with Crippen molar-refractivity contribution < 1.29 is 9.53 Å². The van der Waals surface area contributed by atoms with Crippen LogP contribution in [0.25, 0.3) is 9.53 Å². The second-order valence-electron chi connectivity index (χ2n) is 6.50. The van der Waals surface area contributed by atoms with Crippen molar-refractivity contribution in [1.29, 1.82) is 0 Å². The number of hydrazine groups is 1. The van der Waals surface area contributed by atoms with Crippen LogP contribution in [-0.4, -0.2) is 43.4 Å². The Bertz CT molecular complexity index is 978. The Labute approximate surface area is 170 Å². The molecule has 2 aliphatic heterocycles. The maximum atomic E-state index is 12.7. The van der Waals surface area contributed by atoms with Crippen molar-refractivity contribution in [1.82, 2.24) is 15.7 Å². The molecule has 0 bridgehead atoms. The summed E-state index contributed by atoms with van der Waals surface area (Å²) < 4.78 is 6.45. The fourth-order valence-electron chi connectivity index (χ4n) is 3.18. The number of morpholine rings is 1. The van der Waals surface area contributed by atoms with Crippen molar-refractivity contribution in [2.45, 2.75) is 6.17 Å². The summed E-state index contributed by atoms with van der Waals surface area (Å²) in [4.78, 5) is 21.2. The van der Waals surface area contributed by atoms with Gasteiger partial charge in [0.2, 0.25) is 0 Å². The van der Waals surface area contributed by atoms with Gasteiger partial charge in [-0.2, -0.15) is 0 Å². The van der Waals surface area contributed by atoms with Gasteiger partial charge < -0.3 is 15.0 Å². The number of thiazole rings is 1. The first kappa shape index (κ1) is 17.6. The first-order chi connectivity index (χ1) is 13.8. The third-order valence-corrected chi connectivity index (χ3v) is 6.83. The zero-order valence-corrected chi connectivity index (χ0v) is 16.6. The number of carbonyl (C=O) groups excluding carboxylic acids is 1. The van der Waals surface area contributed by atoms with Crippen LogP contribution in [0.3, 0.4) is 0 Å². The van der Waals surface area contributed by atoms with Gasteiger partial charge in [0.05, 0.1) is 28.5 Å². The number of carbonyl (C=O) groups is 1. The van der Waals surface area contributed by atoms with Gasteiger partial charge in [-0.25, -0.2) is 10.4 Å². The Hall–Kier alpha value is -2.46. The second-order valence-corrected chi connectivity index (χ2v) is 8.54. The van der Waals surface area contributed by atoms with Gasteiger partial charge in [0.1, 0.15) is 11.0 Å². The molecule has 1 fully saturated rings. The zero-order chi connectivity index (χ0) is 18.9. The SMILES string of the molecule is O=C(NC1C=CN(c2ccccc2)N1)c1cc2sc(N3CCOCC3)nc2s1. The fourth-order valence-corrected chi connectivity index (χ4v) is 5.34. The van der Waals surface area contributed by atoms with Crippen molar-refractivity contribution in [3.63, 3.8) is 0 Å². The summed E-state index contributed by atoms with van der Waals surface area (Å²) in [5.74, 6) is -0.0971. The summed E-state index contributed by atoms with van der Waals surface area (Å²) in [6.45, 7) is 3.21. The van der Waals surface area contributed by atoms with Gasteiger partial charge in [0.15, 0.2) is 5.13 Å². The molecule has 1 unspecified atom stereocenters. The molecule has 2 aliphatic rings. The van der Waals surface area contributed by atoms with Gasteiger partial charge in [0.25, 0.3) is 5.91 Å². The molecule has 1 saturated heterocycles. The van der Waals surface area contributed by atoms with E-state index in [9.17, 15) is 4.79 Å². The number of nitrogens with zero attached hydrogens (tertiary/aromatic N) is 3. The molecular weight excluding hydrogens is 394 g/mol. The van der Waals surface area contributed by atoms with E-state index in [1.165, 1.54) is 11.3 Å². The van der Waals surface area contributed by atoms with E-state index in [0.717, 1.165) is 46.7 Å². The van der Waals surface area contributed by atoms with Crippen LogP contribution >= 0.6 is 22.7 Å².